The first-order valence-electron chi connectivity index (χ1n) is 5.32. The van der Waals surface area contributed by atoms with Crippen LogP contribution < -0.4 is 10.6 Å². The highest BCUT2D eigenvalue weighted by Crippen LogP contribution is 2.27. The molecule has 0 saturated carbocycles. The lowest BCUT2D eigenvalue weighted by atomic mass is 10.2. The van der Waals surface area contributed by atoms with Crippen molar-refractivity contribution in [3.63, 3.8) is 0 Å². The molecule has 2 rings (SSSR count). The van der Waals surface area contributed by atoms with Crippen LogP contribution in [0.1, 0.15) is 18.9 Å². The van der Waals surface area contributed by atoms with E-state index in [1.165, 1.54) is 5.56 Å². The second-order valence-electron chi connectivity index (χ2n) is 4.11. The van der Waals surface area contributed by atoms with E-state index in [2.05, 4.69) is 6.07 Å². The summed E-state index contributed by atoms with van der Waals surface area (Å²) in [7, 11) is 0. The first-order valence-corrected chi connectivity index (χ1v) is 5.32. The van der Waals surface area contributed by atoms with Gasteiger partial charge in [0.1, 0.15) is 0 Å². The smallest absolute Gasteiger partial charge is 0.228 e. The summed E-state index contributed by atoms with van der Waals surface area (Å²) in [5.41, 5.74) is 7.95. The highest BCUT2D eigenvalue weighted by atomic mass is 16.2. The fourth-order valence-corrected chi connectivity index (χ4v) is 1.98. The van der Waals surface area contributed by atoms with E-state index in [0.29, 0.717) is 6.42 Å². The average Bonchev–Trinajstić information content (AvgIpc) is 2.59. The SMILES string of the molecule is CC(N)CC(=O)N1CCc2ccccc21. The molecule has 0 fully saturated rings. The zero-order valence-electron chi connectivity index (χ0n) is 8.94. The second kappa shape index (κ2) is 4.03. The van der Waals surface area contributed by atoms with Crippen molar-refractivity contribution in [1.29, 1.82) is 0 Å². The molecule has 0 aliphatic carbocycles. The molecular formula is C12H16N2O. The molecule has 3 heteroatoms. The minimum atomic E-state index is -0.0646. The van der Waals surface area contributed by atoms with Gasteiger partial charge in [-0.2, -0.15) is 0 Å². The predicted octanol–water partition coefficient (Wildman–Crippen LogP) is 1.31. The fourth-order valence-electron chi connectivity index (χ4n) is 1.98. The molecule has 3 nitrogen and oxygen atoms in total. The van der Waals surface area contributed by atoms with Gasteiger partial charge in [0.25, 0.3) is 0 Å². The molecule has 0 radical (unpaired) electrons. The number of rotatable bonds is 2. The minimum Gasteiger partial charge on any atom is -0.327 e. The molecule has 1 aliphatic rings. The summed E-state index contributed by atoms with van der Waals surface area (Å²) in [5, 5.41) is 0. The third-order valence-corrected chi connectivity index (χ3v) is 2.68. The van der Waals surface area contributed by atoms with E-state index in [1.807, 2.05) is 30.0 Å². The molecule has 15 heavy (non-hydrogen) atoms. The first kappa shape index (κ1) is 10.2. The van der Waals surface area contributed by atoms with Gasteiger partial charge in [-0.25, -0.2) is 0 Å². The third kappa shape index (κ3) is 2.02. The Kier molecular flexibility index (Phi) is 2.73. The van der Waals surface area contributed by atoms with Crippen LogP contribution in [0.25, 0.3) is 0 Å². The van der Waals surface area contributed by atoms with Crippen molar-refractivity contribution in [2.45, 2.75) is 25.8 Å². The monoisotopic (exact) mass is 204 g/mol. The van der Waals surface area contributed by atoms with Gasteiger partial charge in [0, 0.05) is 24.7 Å². The van der Waals surface area contributed by atoms with Crippen molar-refractivity contribution >= 4 is 11.6 Å². The molecule has 0 saturated heterocycles. The van der Waals surface area contributed by atoms with E-state index >= 15 is 0 Å². The van der Waals surface area contributed by atoms with Crippen molar-refractivity contribution in [3.8, 4) is 0 Å². The summed E-state index contributed by atoms with van der Waals surface area (Å²) in [6, 6.07) is 8.00. The highest BCUT2D eigenvalue weighted by molar-refractivity contribution is 5.95. The maximum atomic E-state index is 11.9. The molecule has 1 unspecified atom stereocenters. The largest absolute Gasteiger partial charge is 0.327 e. The summed E-state index contributed by atoms with van der Waals surface area (Å²) in [4.78, 5) is 13.7. The second-order valence-corrected chi connectivity index (χ2v) is 4.11. The lowest BCUT2D eigenvalue weighted by Gasteiger charge is -2.18. The molecule has 1 amide bonds. The topological polar surface area (TPSA) is 46.3 Å². The summed E-state index contributed by atoms with van der Waals surface area (Å²) in [6.07, 6.45) is 1.38. The first-order chi connectivity index (χ1) is 7.18. The molecule has 80 valence electrons. The standard InChI is InChI=1S/C12H16N2O/c1-9(13)8-12(15)14-7-6-10-4-2-3-5-11(10)14/h2-5,9H,6-8,13H2,1H3. The number of carbonyl (C=O) groups is 1. The third-order valence-electron chi connectivity index (χ3n) is 2.68. The van der Waals surface area contributed by atoms with E-state index in [1.54, 1.807) is 0 Å². The van der Waals surface area contributed by atoms with Gasteiger partial charge in [0.2, 0.25) is 5.91 Å². The molecule has 1 aliphatic heterocycles. The number of amides is 1. The van der Waals surface area contributed by atoms with Crippen LogP contribution >= 0.6 is 0 Å². The molecule has 2 N–H and O–H groups in total. The average molecular weight is 204 g/mol. The number of nitrogens with zero attached hydrogens (tertiary/aromatic N) is 1. The van der Waals surface area contributed by atoms with Gasteiger partial charge < -0.3 is 10.6 Å². The van der Waals surface area contributed by atoms with Crippen LogP contribution in [-0.4, -0.2) is 18.5 Å². The van der Waals surface area contributed by atoms with E-state index in [4.69, 9.17) is 5.73 Å². The lowest BCUT2D eigenvalue weighted by molar-refractivity contribution is -0.118. The van der Waals surface area contributed by atoms with Gasteiger partial charge in [0.15, 0.2) is 0 Å². The maximum absolute atomic E-state index is 11.9. The van der Waals surface area contributed by atoms with Gasteiger partial charge in [-0.1, -0.05) is 18.2 Å². The van der Waals surface area contributed by atoms with E-state index in [9.17, 15) is 4.79 Å². The van der Waals surface area contributed by atoms with Crippen molar-refractivity contribution in [2.24, 2.45) is 5.73 Å². The maximum Gasteiger partial charge on any atom is 0.228 e. The number of hydrogen-bond donors (Lipinski definition) is 1. The Balaban J connectivity index is 2.17. The Labute approximate surface area is 89.9 Å². The van der Waals surface area contributed by atoms with Crippen molar-refractivity contribution in [1.82, 2.24) is 0 Å². The number of anilines is 1. The quantitative estimate of drug-likeness (QED) is 0.789. The number of nitrogens with two attached hydrogens (primary N) is 1. The van der Waals surface area contributed by atoms with Crippen LogP contribution in [0.4, 0.5) is 5.69 Å². The van der Waals surface area contributed by atoms with Crippen LogP contribution in [0, 0.1) is 0 Å². The Morgan fingerprint density at radius 1 is 1.53 bits per heavy atom. The summed E-state index contributed by atoms with van der Waals surface area (Å²) >= 11 is 0. The van der Waals surface area contributed by atoms with Crippen LogP contribution in [0.3, 0.4) is 0 Å². The molecule has 0 spiro atoms. The summed E-state index contributed by atoms with van der Waals surface area (Å²) in [6.45, 7) is 2.66. The van der Waals surface area contributed by atoms with E-state index < -0.39 is 0 Å². The Bertz CT molecular complexity index is 374. The lowest BCUT2D eigenvalue weighted by Crippen LogP contribution is -2.33. The molecule has 1 heterocycles. The molecule has 0 aromatic heterocycles. The number of fused-ring (bicyclic) bond motifs is 1. The van der Waals surface area contributed by atoms with Crippen LogP contribution in [0.2, 0.25) is 0 Å². The van der Waals surface area contributed by atoms with Gasteiger partial charge in [0.05, 0.1) is 0 Å². The Morgan fingerprint density at radius 2 is 2.27 bits per heavy atom. The zero-order chi connectivity index (χ0) is 10.8. The molecular weight excluding hydrogens is 188 g/mol. The van der Waals surface area contributed by atoms with Gasteiger partial charge in [-0.05, 0) is 25.0 Å². The Hall–Kier alpha value is -1.35. The van der Waals surface area contributed by atoms with Crippen molar-refractivity contribution in [2.75, 3.05) is 11.4 Å². The van der Waals surface area contributed by atoms with Crippen LogP contribution in [0.15, 0.2) is 24.3 Å². The number of carbonyl (C=O) groups excluding carboxylic acids is 1. The predicted molar refractivity (Wildman–Crippen MR) is 60.8 cm³/mol. The van der Waals surface area contributed by atoms with Crippen molar-refractivity contribution < 1.29 is 4.79 Å². The van der Waals surface area contributed by atoms with Gasteiger partial charge in [-0.15, -0.1) is 0 Å². The molecule has 0 bridgehead atoms. The zero-order valence-corrected chi connectivity index (χ0v) is 8.94. The van der Waals surface area contributed by atoms with Crippen molar-refractivity contribution in [3.05, 3.63) is 29.8 Å². The highest BCUT2D eigenvalue weighted by Gasteiger charge is 2.24. The normalized spacial score (nSPS) is 16.3. The molecule has 1 aromatic carbocycles. The van der Waals surface area contributed by atoms with Crippen LogP contribution in [-0.2, 0) is 11.2 Å². The van der Waals surface area contributed by atoms with E-state index in [0.717, 1.165) is 18.7 Å². The Morgan fingerprint density at radius 3 is 3.00 bits per heavy atom. The summed E-state index contributed by atoms with van der Waals surface area (Å²) in [5.74, 6) is 0.134. The van der Waals surface area contributed by atoms with Gasteiger partial charge >= 0.3 is 0 Å². The van der Waals surface area contributed by atoms with E-state index in [-0.39, 0.29) is 11.9 Å². The summed E-state index contributed by atoms with van der Waals surface area (Å²) < 4.78 is 0. The molecule has 1 aromatic rings. The fraction of sp³-hybridized carbons (Fsp3) is 0.417. The minimum absolute atomic E-state index is 0.0646. The number of hydrogen-bond acceptors (Lipinski definition) is 2. The number of para-hydroxylation sites is 1. The molecule has 1 atom stereocenters. The number of benzene rings is 1. The van der Waals surface area contributed by atoms with Crippen LogP contribution in [0.5, 0.6) is 0 Å². The van der Waals surface area contributed by atoms with Gasteiger partial charge in [-0.3, -0.25) is 4.79 Å².